The molecule has 1 aliphatic rings. The quantitative estimate of drug-likeness (QED) is 0.473. The third kappa shape index (κ3) is 5.52. The summed E-state index contributed by atoms with van der Waals surface area (Å²) < 4.78 is 46.9. The van der Waals surface area contributed by atoms with Crippen LogP contribution in [0.25, 0.3) is 0 Å². The first-order valence-corrected chi connectivity index (χ1v) is 12.8. The highest BCUT2D eigenvalue weighted by Crippen LogP contribution is 2.35. The van der Waals surface area contributed by atoms with Gasteiger partial charge in [-0.2, -0.15) is 0 Å². The van der Waals surface area contributed by atoms with E-state index >= 15 is 0 Å². The molecule has 1 saturated heterocycles. The SMILES string of the molecule is COc1ccc(Cl)cc1N(CC(=O)N1CCN(c2ccc(F)cc2)CC1)S(=O)(=O)c1ccccc1. The van der Waals surface area contributed by atoms with E-state index in [-0.39, 0.29) is 28.1 Å². The average Bonchev–Trinajstić information content (AvgIpc) is 2.88. The van der Waals surface area contributed by atoms with Crippen LogP contribution in [0.4, 0.5) is 15.8 Å². The van der Waals surface area contributed by atoms with Gasteiger partial charge in [0.1, 0.15) is 18.1 Å². The van der Waals surface area contributed by atoms with Crippen LogP contribution >= 0.6 is 11.6 Å². The molecule has 10 heteroatoms. The molecule has 0 bridgehead atoms. The summed E-state index contributed by atoms with van der Waals surface area (Å²) in [5.74, 6) is -0.369. The van der Waals surface area contributed by atoms with Crippen LogP contribution in [-0.4, -0.2) is 59.1 Å². The van der Waals surface area contributed by atoms with E-state index in [0.29, 0.717) is 31.2 Å². The van der Waals surface area contributed by atoms with E-state index in [9.17, 15) is 17.6 Å². The van der Waals surface area contributed by atoms with Gasteiger partial charge < -0.3 is 14.5 Å². The second-order valence-corrected chi connectivity index (χ2v) is 10.3. The first-order valence-electron chi connectivity index (χ1n) is 11.0. The smallest absolute Gasteiger partial charge is 0.264 e. The molecule has 0 aromatic heterocycles. The Morgan fingerprint density at radius 1 is 1.00 bits per heavy atom. The second kappa shape index (κ2) is 10.5. The number of halogens is 2. The van der Waals surface area contributed by atoms with Crippen molar-refractivity contribution in [1.29, 1.82) is 0 Å². The molecule has 1 amide bonds. The van der Waals surface area contributed by atoms with Crippen LogP contribution in [0.3, 0.4) is 0 Å². The predicted molar refractivity (Wildman–Crippen MR) is 134 cm³/mol. The number of amides is 1. The maximum Gasteiger partial charge on any atom is 0.264 e. The van der Waals surface area contributed by atoms with Crippen LogP contribution in [0.1, 0.15) is 0 Å². The molecule has 0 saturated carbocycles. The number of piperazine rings is 1. The van der Waals surface area contributed by atoms with Crippen LogP contribution in [0.15, 0.2) is 77.7 Å². The van der Waals surface area contributed by atoms with Gasteiger partial charge in [-0.05, 0) is 54.6 Å². The van der Waals surface area contributed by atoms with Crippen LogP contribution in [-0.2, 0) is 14.8 Å². The van der Waals surface area contributed by atoms with Crippen LogP contribution in [0, 0.1) is 5.82 Å². The van der Waals surface area contributed by atoms with Crippen molar-refractivity contribution in [1.82, 2.24) is 4.90 Å². The molecular formula is C25H25ClFN3O4S. The number of hydrogen-bond donors (Lipinski definition) is 0. The lowest BCUT2D eigenvalue weighted by molar-refractivity contribution is -0.129. The van der Waals surface area contributed by atoms with Crippen LogP contribution in [0.2, 0.25) is 5.02 Å². The fraction of sp³-hybridized carbons (Fsp3) is 0.240. The van der Waals surface area contributed by atoms with Crippen molar-refractivity contribution >= 4 is 38.9 Å². The molecule has 0 atom stereocenters. The third-order valence-electron chi connectivity index (χ3n) is 5.84. The van der Waals surface area contributed by atoms with Gasteiger partial charge in [0.2, 0.25) is 5.91 Å². The monoisotopic (exact) mass is 517 g/mol. The highest BCUT2D eigenvalue weighted by Gasteiger charge is 2.32. The number of hydrogen-bond acceptors (Lipinski definition) is 5. The summed E-state index contributed by atoms with van der Waals surface area (Å²) in [6.07, 6.45) is 0. The van der Waals surface area contributed by atoms with Gasteiger partial charge in [0, 0.05) is 36.9 Å². The molecule has 0 N–H and O–H groups in total. The number of nitrogens with zero attached hydrogens (tertiary/aromatic N) is 3. The molecule has 1 fully saturated rings. The maximum absolute atomic E-state index is 13.6. The van der Waals surface area contributed by atoms with Crippen molar-refractivity contribution in [3.63, 3.8) is 0 Å². The Kier molecular flexibility index (Phi) is 7.47. The lowest BCUT2D eigenvalue weighted by Gasteiger charge is -2.37. The zero-order valence-electron chi connectivity index (χ0n) is 19.1. The van der Waals surface area contributed by atoms with Crippen LogP contribution < -0.4 is 13.9 Å². The van der Waals surface area contributed by atoms with Gasteiger partial charge in [0.25, 0.3) is 10.0 Å². The lowest BCUT2D eigenvalue weighted by atomic mass is 10.2. The fourth-order valence-corrected chi connectivity index (χ4v) is 5.57. The highest BCUT2D eigenvalue weighted by atomic mass is 35.5. The minimum Gasteiger partial charge on any atom is -0.495 e. The fourth-order valence-electron chi connectivity index (χ4n) is 3.97. The predicted octanol–water partition coefficient (Wildman–Crippen LogP) is 4.03. The molecular weight excluding hydrogens is 493 g/mol. The topological polar surface area (TPSA) is 70.2 Å². The molecule has 1 aliphatic heterocycles. The molecule has 0 aliphatic carbocycles. The number of anilines is 2. The van der Waals surface area contributed by atoms with Crippen LogP contribution in [0.5, 0.6) is 5.75 Å². The van der Waals surface area contributed by atoms with Crippen molar-refractivity contribution in [2.45, 2.75) is 4.90 Å². The summed E-state index contributed by atoms with van der Waals surface area (Å²) in [5.41, 5.74) is 1.05. The highest BCUT2D eigenvalue weighted by molar-refractivity contribution is 7.92. The van der Waals surface area contributed by atoms with E-state index in [1.165, 1.54) is 37.4 Å². The molecule has 7 nitrogen and oxygen atoms in total. The molecule has 184 valence electrons. The van der Waals surface area contributed by atoms with Gasteiger partial charge >= 0.3 is 0 Å². The van der Waals surface area contributed by atoms with E-state index in [1.807, 2.05) is 0 Å². The molecule has 4 rings (SSSR count). The number of ether oxygens (including phenoxy) is 1. The van der Waals surface area contributed by atoms with E-state index in [0.717, 1.165) is 9.99 Å². The summed E-state index contributed by atoms with van der Waals surface area (Å²) in [7, 11) is -2.67. The van der Waals surface area contributed by atoms with Gasteiger partial charge in [0.15, 0.2) is 0 Å². The largest absolute Gasteiger partial charge is 0.495 e. The normalized spacial score (nSPS) is 14.0. The first kappa shape index (κ1) is 24.8. The lowest BCUT2D eigenvalue weighted by Crippen LogP contribution is -2.52. The molecule has 35 heavy (non-hydrogen) atoms. The molecule has 0 unspecified atom stereocenters. The van der Waals surface area contributed by atoms with Crippen molar-refractivity contribution in [2.75, 3.05) is 49.0 Å². The number of carbonyl (C=O) groups excluding carboxylic acids is 1. The van der Waals surface area contributed by atoms with Crippen molar-refractivity contribution in [3.05, 3.63) is 83.6 Å². The van der Waals surface area contributed by atoms with Crippen molar-refractivity contribution in [2.24, 2.45) is 0 Å². The molecule has 0 spiro atoms. The summed E-state index contributed by atoms with van der Waals surface area (Å²) in [5, 5.41) is 0.314. The summed E-state index contributed by atoms with van der Waals surface area (Å²) in [6, 6.07) is 18.7. The van der Waals surface area contributed by atoms with Gasteiger partial charge in [-0.15, -0.1) is 0 Å². The average molecular weight is 518 g/mol. The first-order chi connectivity index (χ1) is 16.8. The van der Waals surface area contributed by atoms with Gasteiger partial charge in [-0.1, -0.05) is 29.8 Å². The standard InChI is InChI=1S/C25H25ClFN3O4S/c1-34-24-12-7-19(26)17-23(24)30(35(32,33)22-5-3-2-4-6-22)18-25(31)29-15-13-28(14-16-29)21-10-8-20(27)9-11-21/h2-12,17H,13-16,18H2,1H3. The minimum absolute atomic E-state index is 0.0518. The molecule has 0 radical (unpaired) electrons. The van der Waals surface area contributed by atoms with E-state index in [4.69, 9.17) is 16.3 Å². The van der Waals surface area contributed by atoms with Crippen molar-refractivity contribution < 1.29 is 22.3 Å². The van der Waals surface area contributed by atoms with Gasteiger partial charge in [-0.25, -0.2) is 12.8 Å². The Bertz CT molecular complexity index is 1280. The number of rotatable bonds is 7. The van der Waals surface area contributed by atoms with E-state index in [2.05, 4.69) is 4.90 Å². The Morgan fingerprint density at radius 3 is 2.29 bits per heavy atom. The van der Waals surface area contributed by atoms with Gasteiger partial charge in [0.05, 0.1) is 17.7 Å². The number of carbonyl (C=O) groups is 1. The summed E-state index contributed by atoms with van der Waals surface area (Å²) in [6.45, 7) is 1.49. The zero-order valence-corrected chi connectivity index (χ0v) is 20.7. The Morgan fingerprint density at radius 2 is 1.66 bits per heavy atom. The zero-order chi connectivity index (χ0) is 25.0. The Labute approximate surface area is 209 Å². The number of sulfonamides is 1. The van der Waals surface area contributed by atoms with Gasteiger partial charge in [-0.3, -0.25) is 9.10 Å². The Balaban J connectivity index is 1.58. The summed E-state index contributed by atoms with van der Waals surface area (Å²) in [4.78, 5) is 17.0. The second-order valence-electron chi connectivity index (χ2n) is 7.99. The molecule has 3 aromatic carbocycles. The minimum atomic E-state index is -4.09. The van der Waals surface area contributed by atoms with E-state index < -0.39 is 16.6 Å². The number of benzene rings is 3. The van der Waals surface area contributed by atoms with Crippen molar-refractivity contribution in [3.8, 4) is 5.75 Å². The molecule has 3 aromatic rings. The molecule has 1 heterocycles. The summed E-state index contributed by atoms with van der Waals surface area (Å²) >= 11 is 6.18. The number of methoxy groups -OCH3 is 1. The van der Waals surface area contributed by atoms with E-state index in [1.54, 1.807) is 47.4 Å². The maximum atomic E-state index is 13.6. The Hall–Kier alpha value is -3.30. The third-order valence-corrected chi connectivity index (χ3v) is 7.85.